The molecule has 0 atom stereocenters. The van der Waals surface area contributed by atoms with Crippen molar-refractivity contribution in [1.82, 2.24) is 5.32 Å². The topological polar surface area (TPSA) is 93.7 Å². The van der Waals surface area contributed by atoms with Crippen LogP contribution in [-0.2, 0) is 31.9 Å². The Kier molecular flexibility index (Phi) is 7.93. The fourth-order valence-corrected chi connectivity index (χ4v) is 4.24. The van der Waals surface area contributed by atoms with Gasteiger partial charge in [-0.3, -0.25) is 10.1 Å². The van der Waals surface area contributed by atoms with Gasteiger partial charge in [0.25, 0.3) is 0 Å². The van der Waals surface area contributed by atoms with Crippen molar-refractivity contribution in [2.75, 3.05) is 18.5 Å². The molecule has 1 heterocycles. The van der Waals surface area contributed by atoms with Crippen LogP contribution in [-0.4, -0.2) is 36.2 Å². The number of hydrogen-bond donors (Lipinski definition) is 2. The van der Waals surface area contributed by atoms with Crippen LogP contribution in [0.5, 0.6) is 0 Å². The normalized spacial score (nSPS) is 13.0. The number of fused-ring (bicyclic) bond motifs is 1. The number of ether oxygens (including phenoxy) is 2. The summed E-state index contributed by atoms with van der Waals surface area (Å²) in [7, 11) is 0. The Bertz CT molecular complexity index is 770. The molecule has 0 aliphatic heterocycles. The molecule has 2 N–H and O–H groups in total. The first-order chi connectivity index (χ1) is 13.0. The number of aryl methyl sites for hydroxylation is 1. The maximum atomic E-state index is 12.4. The van der Waals surface area contributed by atoms with Crippen LogP contribution in [0.4, 0.5) is 5.00 Å². The minimum Gasteiger partial charge on any atom is -0.463 e. The highest BCUT2D eigenvalue weighted by molar-refractivity contribution is 7.80. The molecule has 1 aliphatic rings. The molecule has 9 heteroatoms. The van der Waals surface area contributed by atoms with Crippen molar-refractivity contribution in [3.05, 3.63) is 28.2 Å². The summed E-state index contributed by atoms with van der Waals surface area (Å²) in [5, 5.41) is 5.97. The summed E-state index contributed by atoms with van der Waals surface area (Å²) in [4.78, 5) is 36.6. The van der Waals surface area contributed by atoms with Gasteiger partial charge in [-0.2, -0.15) is 0 Å². The van der Waals surface area contributed by atoms with Crippen molar-refractivity contribution < 1.29 is 23.9 Å². The molecule has 0 saturated heterocycles. The summed E-state index contributed by atoms with van der Waals surface area (Å²) in [6.07, 6.45) is 5.90. The maximum Gasteiger partial charge on any atom is 0.341 e. The molecule has 0 saturated carbocycles. The second kappa shape index (κ2) is 10.2. The van der Waals surface area contributed by atoms with Gasteiger partial charge in [-0.15, -0.1) is 11.3 Å². The highest BCUT2D eigenvalue weighted by Crippen LogP contribution is 2.38. The van der Waals surface area contributed by atoms with Crippen LogP contribution in [0.1, 0.15) is 47.5 Å². The van der Waals surface area contributed by atoms with E-state index in [0.717, 1.165) is 48.3 Å². The molecule has 1 aromatic heterocycles. The average molecular weight is 411 g/mol. The molecule has 1 aliphatic carbocycles. The van der Waals surface area contributed by atoms with E-state index in [2.05, 4.69) is 10.6 Å². The van der Waals surface area contributed by atoms with E-state index in [9.17, 15) is 14.4 Å². The first-order valence-electron chi connectivity index (χ1n) is 8.74. The highest BCUT2D eigenvalue weighted by atomic mass is 32.1. The molecule has 0 spiro atoms. The van der Waals surface area contributed by atoms with Crippen LogP contribution in [0, 0.1) is 0 Å². The van der Waals surface area contributed by atoms with E-state index in [0.29, 0.717) is 10.6 Å². The summed E-state index contributed by atoms with van der Waals surface area (Å²) in [6, 6.07) is 0. The van der Waals surface area contributed by atoms with E-state index >= 15 is 0 Å². The van der Waals surface area contributed by atoms with E-state index in [-0.39, 0.29) is 18.3 Å². The number of carbonyl (C=O) groups excluding carboxylic acids is 3. The Labute approximate surface area is 167 Å². The fraction of sp³-hybridized carbons (Fsp3) is 0.444. The minimum absolute atomic E-state index is 0.0395. The Hall–Kier alpha value is -2.26. The maximum absolute atomic E-state index is 12.4. The molecular formula is C18H22N2O5S2. The number of esters is 2. The van der Waals surface area contributed by atoms with E-state index in [4.69, 9.17) is 21.7 Å². The number of thiophene rings is 1. The lowest BCUT2D eigenvalue weighted by atomic mass is 9.95. The summed E-state index contributed by atoms with van der Waals surface area (Å²) < 4.78 is 9.88. The summed E-state index contributed by atoms with van der Waals surface area (Å²) in [5.74, 6) is -1.57. The van der Waals surface area contributed by atoms with Gasteiger partial charge in [0.05, 0.1) is 18.8 Å². The molecule has 1 aromatic rings. The van der Waals surface area contributed by atoms with E-state index < -0.39 is 17.8 Å². The first-order valence-corrected chi connectivity index (χ1v) is 9.97. The molecule has 1 amide bonds. The number of carbonyl (C=O) groups is 3. The number of thiocarbonyl (C=S) groups is 1. The van der Waals surface area contributed by atoms with Crippen molar-refractivity contribution >= 4 is 51.5 Å². The van der Waals surface area contributed by atoms with Crippen molar-refractivity contribution in [1.29, 1.82) is 0 Å². The summed E-state index contributed by atoms with van der Waals surface area (Å²) in [5.41, 5.74) is 1.50. The Balaban J connectivity index is 2.08. The van der Waals surface area contributed by atoms with Crippen LogP contribution in [0.15, 0.2) is 12.2 Å². The third-order valence-corrected chi connectivity index (χ3v) is 5.18. The predicted octanol–water partition coefficient (Wildman–Crippen LogP) is 2.74. The monoisotopic (exact) mass is 410 g/mol. The van der Waals surface area contributed by atoms with Gasteiger partial charge in [0, 0.05) is 17.0 Å². The lowest BCUT2D eigenvalue weighted by Gasteiger charge is -2.12. The molecule has 0 unspecified atom stereocenters. The smallest absolute Gasteiger partial charge is 0.341 e. The lowest BCUT2D eigenvalue weighted by molar-refractivity contribution is -0.137. The molecule has 0 radical (unpaired) electrons. The van der Waals surface area contributed by atoms with Crippen LogP contribution in [0.3, 0.4) is 0 Å². The van der Waals surface area contributed by atoms with Crippen LogP contribution in [0.25, 0.3) is 0 Å². The first kappa shape index (κ1) is 21.0. The van der Waals surface area contributed by atoms with Gasteiger partial charge in [0.1, 0.15) is 5.00 Å². The summed E-state index contributed by atoms with van der Waals surface area (Å²) in [6.45, 7) is 3.93. The van der Waals surface area contributed by atoms with Crippen molar-refractivity contribution in [2.45, 2.75) is 39.5 Å². The molecule has 27 heavy (non-hydrogen) atoms. The third kappa shape index (κ3) is 5.86. The zero-order valence-corrected chi connectivity index (χ0v) is 16.9. The van der Waals surface area contributed by atoms with Gasteiger partial charge in [0.15, 0.2) is 5.11 Å². The van der Waals surface area contributed by atoms with E-state index in [1.54, 1.807) is 13.8 Å². The van der Waals surface area contributed by atoms with Gasteiger partial charge in [-0.05, 0) is 57.3 Å². The standard InChI is InChI=1S/C18H22N2O5S2/c1-3-24-14(22)10-9-13(21)19-18(26)20-16-15(17(23)25-4-2)11-7-5-6-8-12(11)27-16/h9-10H,3-8H2,1-2H3,(H2,19,20,21,26)/b10-9+. The number of amides is 1. The van der Waals surface area contributed by atoms with Crippen LogP contribution >= 0.6 is 23.6 Å². The molecule has 0 aromatic carbocycles. The van der Waals surface area contributed by atoms with E-state index in [1.165, 1.54) is 11.3 Å². The van der Waals surface area contributed by atoms with Gasteiger partial charge in [-0.1, -0.05) is 0 Å². The summed E-state index contributed by atoms with van der Waals surface area (Å²) >= 11 is 6.61. The van der Waals surface area contributed by atoms with Gasteiger partial charge < -0.3 is 14.8 Å². The number of rotatable bonds is 6. The number of nitrogens with one attached hydrogen (secondary N) is 2. The predicted molar refractivity (Wildman–Crippen MR) is 107 cm³/mol. The molecule has 0 bridgehead atoms. The van der Waals surface area contributed by atoms with Crippen molar-refractivity contribution in [3.8, 4) is 0 Å². The lowest BCUT2D eigenvalue weighted by Crippen LogP contribution is -2.33. The molecule has 7 nitrogen and oxygen atoms in total. The van der Waals surface area contributed by atoms with E-state index in [1.807, 2.05) is 0 Å². The Morgan fingerprint density at radius 3 is 2.52 bits per heavy atom. The Morgan fingerprint density at radius 2 is 1.81 bits per heavy atom. The van der Waals surface area contributed by atoms with Crippen molar-refractivity contribution in [2.24, 2.45) is 0 Å². The molecular weight excluding hydrogens is 388 g/mol. The number of hydrogen-bond acceptors (Lipinski definition) is 7. The second-order valence-electron chi connectivity index (χ2n) is 5.66. The fourth-order valence-electron chi connectivity index (χ4n) is 2.70. The average Bonchev–Trinajstić information content (AvgIpc) is 2.98. The molecule has 146 valence electrons. The zero-order chi connectivity index (χ0) is 19.8. The highest BCUT2D eigenvalue weighted by Gasteiger charge is 2.26. The van der Waals surface area contributed by atoms with Crippen molar-refractivity contribution in [3.63, 3.8) is 0 Å². The largest absolute Gasteiger partial charge is 0.463 e. The molecule has 0 fully saturated rings. The van der Waals surface area contributed by atoms with Gasteiger partial charge in [-0.25, -0.2) is 9.59 Å². The van der Waals surface area contributed by atoms with Gasteiger partial charge in [0.2, 0.25) is 5.91 Å². The Morgan fingerprint density at radius 1 is 1.11 bits per heavy atom. The van der Waals surface area contributed by atoms with Crippen LogP contribution in [0.2, 0.25) is 0 Å². The second-order valence-corrected chi connectivity index (χ2v) is 7.18. The SMILES string of the molecule is CCOC(=O)/C=C/C(=O)NC(=S)Nc1sc2c(c1C(=O)OCC)CCCC2. The third-order valence-electron chi connectivity index (χ3n) is 3.77. The minimum atomic E-state index is -0.609. The molecule has 2 rings (SSSR count). The quantitative estimate of drug-likeness (QED) is 0.423. The zero-order valence-electron chi connectivity index (χ0n) is 15.3. The van der Waals surface area contributed by atoms with Crippen LogP contribution < -0.4 is 10.6 Å². The number of anilines is 1. The van der Waals surface area contributed by atoms with Gasteiger partial charge >= 0.3 is 11.9 Å².